The first-order chi connectivity index (χ1) is 11.6. The van der Waals surface area contributed by atoms with Gasteiger partial charge in [0.2, 0.25) is 0 Å². The Morgan fingerprint density at radius 2 is 1.58 bits per heavy atom. The van der Waals surface area contributed by atoms with Gasteiger partial charge >= 0.3 is 5.97 Å². The van der Waals surface area contributed by atoms with Gasteiger partial charge in [-0.1, -0.05) is 60.7 Å². The number of aliphatic imine (C=N–C) groups is 1. The van der Waals surface area contributed by atoms with E-state index in [4.69, 9.17) is 10.1 Å². The maximum Gasteiger partial charge on any atom is 0.347 e. The highest BCUT2D eigenvalue weighted by molar-refractivity contribution is 7.15. The molecule has 0 aliphatic carbocycles. The molecule has 0 aliphatic rings. The fraction of sp³-hybridized carbons (Fsp3) is 0.105. The highest BCUT2D eigenvalue weighted by Gasteiger charge is 2.15. The number of benzene rings is 2. The first-order valence-electron chi connectivity index (χ1n) is 7.49. The Kier molecular flexibility index (Phi) is 4.82. The summed E-state index contributed by atoms with van der Waals surface area (Å²) in [5.41, 5.74) is 2.89. The van der Waals surface area contributed by atoms with Gasteiger partial charge in [-0.2, -0.15) is 0 Å². The summed E-state index contributed by atoms with van der Waals surface area (Å²) in [6, 6.07) is 19.9. The molecule has 0 saturated heterocycles. The van der Waals surface area contributed by atoms with Crippen LogP contribution in [0.2, 0.25) is 0 Å². The summed E-state index contributed by atoms with van der Waals surface area (Å²) in [4.78, 5) is 20.3. The van der Waals surface area contributed by atoms with Crippen LogP contribution in [0.5, 0.6) is 0 Å². The zero-order valence-electron chi connectivity index (χ0n) is 13.1. The van der Waals surface area contributed by atoms with Crippen LogP contribution in [0.15, 0.2) is 71.9 Å². The third-order valence-electron chi connectivity index (χ3n) is 3.58. The first-order valence-corrected chi connectivity index (χ1v) is 8.30. The van der Waals surface area contributed by atoms with Gasteiger partial charge in [0.05, 0.1) is 11.9 Å². The molecule has 0 unspecified atom stereocenters. The molecule has 0 saturated carbocycles. The summed E-state index contributed by atoms with van der Waals surface area (Å²) >= 11 is 1.14. The van der Waals surface area contributed by atoms with E-state index in [1.165, 1.54) is 6.20 Å². The molecular formula is C19H16N2O2S. The van der Waals surface area contributed by atoms with Crippen molar-refractivity contribution in [2.75, 3.05) is 0 Å². The maximum atomic E-state index is 11.0. The summed E-state index contributed by atoms with van der Waals surface area (Å²) in [6.45, 7) is 1.86. The molecule has 0 amide bonds. The molecule has 1 heterocycles. The molecule has 3 rings (SSSR count). The van der Waals surface area contributed by atoms with Crippen molar-refractivity contribution in [2.45, 2.75) is 13.0 Å². The van der Waals surface area contributed by atoms with Crippen molar-refractivity contribution >= 4 is 23.0 Å². The number of aromatic nitrogens is 1. The fourth-order valence-corrected chi connectivity index (χ4v) is 3.11. The quantitative estimate of drug-likeness (QED) is 0.701. The topological polar surface area (TPSA) is 62.5 Å². The van der Waals surface area contributed by atoms with E-state index < -0.39 is 5.97 Å². The van der Waals surface area contributed by atoms with Gasteiger partial charge in [-0.25, -0.2) is 9.78 Å². The number of hydrogen-bond acceptors (Lipinski definition) is 4. The van der Waals surface area contributed by atoms with E-state index in [0.29, 0.717) is 5.01 Å². The lowest BCUT2D eigenvalue weighted by Gasteiger charge is -2.14. The Hall–Kier alpha value is -2.79. The number of aromatic carboxylic acids is 1. The van der Waals surface area contributed by atoms with Gasteiger partial charge in [0.15, 0.2) is 0 Å². The molecule has 24 heavy (non-hydrogen) atoms. The number of rotatable bonds is 5. The fourth-order valence-electron chi connectivity index (χ4n) is 2.40. The van der Waals surface area contributed by atoms with Crippen LogP contribution in [0.3, 0.4) is 0 Å². The van der Waals surface area contributed by atoms with Crippen LogP contribution >= 0.6 is 11.3 Å². The second kappa shape index (κ2) is 7.19. The van der Waals surface area contributed by atoms with E-state index in [0.717, 1.165) is 28.2 Å². The maximum absolute atomic E-state index is 11.0. The summed E-state index contributed by atoms with van der Waals surface area (Å²) in [7, 11) is 0. The minimum Gasteiger partial charge on any atom is -0.477 e. The Bertz CT molecular complexity index is 818. The Morgan fingerprint density at radius 3 is 2.04 bits per heavy atom. The first kappa shape index (κ1) is 16.1. The SMILES string of the molecule is CC(=NC(c1ccccc1)c1ccccc1)c1ncc(C(=O)O)s1. The third-order valence-corrected chi connectivity index (χ3v) is 4.67. The number of hydrogen-bond donors (Lipinski definition) is 1. The van der Waals surface area contributed by atoms with Crippen molar-refractivity contribution in [1.29, 1.82) is 0 Å². The molecule has 0 fully saturated rings. The summed E-state index contributed by atoms with van der Waals surface area (Å²) in [5, 5.41) is 9.68. The Labute approximate surface area is 144 Å². The molecule has 0 aliphatic heterocycles. The van der Waals surface area contributed by atoms with Crippen LogP contribution in [0.1, 0.15) is 38.8 Å². The average Bonchev–Trinajstić information content (AvgIpc) is 3.11. The third kappa shape index (κ3) is 3.58. The molecule has 1 N–H and O–H groups in total. The minimum atomic E-state index is -0.964. The van der Waals surface area contributed by atoms with Crippen LogP contribution in [-0.4, -0.2) is 21.8 Å². The van der Waals surface area contributed by atoms with E-state index in [2.05, 4.69) is 4.98 Å². The molecule has 120 valence electrons. The van der Waals surface area contributed by atoms with Crippen molar-refractivity contribution in [1.82, 2.24) is 4.98 Å². The number of nitrogens with zero attached hydrogens (tertiary/aromatic N) is 2. The molecule has 0 atom stereocenters. The molecule has 1 aromatic heterocycles. The van der Waals surface area contributed by atoms with E-state index in [9.17, 15) is 4.79 Å². The average molecular weight is 336 g/mol. The van der Waals surface area contributed by atoms with Gasteiger partial charge in [0, 0.05) is 0 Å². The number of carbonyl (C=O) groups is 1. The smallest absolute Gasteiger partial charge is 0.347 e. The molecule has 4 nitrogen and oxygen atoms in total. The van der Waals surface area contributed by atoms with Gasteiger partial charge < -0.3 is 5.11 Å². The lowest BCUT2D eigenvalue weighted by molar-refractivity contribution is 0.0702. The zero-order chi connectivity index (χ0) is 16.9. The second-order valence-corrected chi connectivity index (χ2v) is 6.30. The normalized spacial score (nSPS) is 11.7. The molecule has 0 spiro atoms. The van der Waals surface area contributed by atoms with Crippen LogP contribution in [0.4, 0.5) is 0 Å². The van der Waals surface area contributed by atoms with Crippen molar-refractivity contribution in [2.24, 2.45) is 4.99 Å². The van der Waals surface area contributed by atoms with Gasteiger partial charge in [0.1, 0.15) is 15.9 Å². The number of carboxylic acids is 1. The van der Waals surface area contributed by atoms with Crippen molar-refractivity contribution in [3.63, 3.8) is 0 Å². The molecule has 3 aromatic rings. The molecular weight excluding hydrogens is 320 g/mol. The van der Waals surface area contributed by atoms with Gasteiger partial charge in [-0.05, 0) is 18.1 Å². The minimum absolute atomic E-state index is 0.149. The van der Waals surface area contributed by atoms with Crippen molar-refractivity contribution in [3.8, 4) is 0 Å². The van der Waals surface area contributed by atoms with E-state index in [-0.39, 0.29) is 10.9 Å². The molecule has 0 radical (unpaired) electrons. The monoisotopic (exact) mass is 336 g/mol. The highest BCUT2D eigenvalue weighted by Crippen LogP contribution is 2.27. The Balaban J connectivity index is 2.00. The van der Waals surface area contributed by atoms with Crippen LogP contribution in [0.25, 0.3) is 0 Å². The summed E-state index contributed by atoms with van der Waals surface area (Å²) in [5.74, 6) is -0.964. The van der Waals surface area contributed by atoms with E-state index >= 15 is 0 Å². The van der Waals surface area contributed by atoms with Crippen LogP contribution in [-0.2, 0) is 0 Å². The van der Waals surface area contributed by atoms with E-state index in [1.54, 1.807) is 0 Å². The Morgan fingerprint density at radius 1 is 1.04 bits per heavy atom. The van der Waals surface area contributed by atoms with Gasteiger partial charge in [0.25, 0.3) is 0 Å². The molecule has 5 heteroatoms. The summed E-state index contributed by atoms with van der Waals surface area (Å²) < 4.78 is 0. The number of carboxylic acid groups (broad SMARTS) is 1. The highest BCUT2D eigenvalue weighted by atomic mass is 32.1. The largest absolute Gasteiger partial charge is 0.477 e. The van der Waals surface area contributed by atoms with Crippen LogP contribution < -0.4 is 0 Å². The van der Waals surface area contributed by atoms with Gasteiger partial charge in [-0.3, -0.25) is 4.99 Å². The van der Waals surface area contributed by atoms with Crippen LogP contribution in [0, 0.1) is 0 Å². The summed E-state index contributed by atoms with van der Waals surface area (Å²) in [6.07, 6.45) is 1.38. The predicted octanol–water partition coefficient (Wildman–Crippen LogP) is 4.44. The standard InChI is InChI=1S/C19H16N2O2S/c1-13(18-20-12-16(24-18)19(22)23)21-17(14-8-4-2-5-9-14)15-10-6-3-7-11-15/h2-12,17H,1H3,(H,22,23). The number of thiazole rings is 1. The zero-order valence-corrected chi connectivity index (χ0v) is 13.9. The second-order valence-electron chi connectivity index (χ2n) is 5.27. The van der Waals surface area contributed by atoms with Crippen molar-refractivity contribution < 1.29 is 9.90 Å². The van der Waals surface area contributed by atoms with Crippen molar-refractivity contribution in [3.05, 3.63) is 87.9 Å². The lowest BCUT2D eigenvalue weighted by Crippen LogP contribution is -2.03. The van der Waals surface area contributed by atoms with E-state index in [1.807, 2.05) is 67.6 Å². The van der Waals surface area contributed by atoms with Gasteiger partial charge in [-0.15, -0.1) is 11.3 Å². The predicted molar refractivity (Wildman–Crippen MR) is 96.0 cm³/mol. The lowest BCUT2D eigenvalue weighted by atomic mass is 9.99. The molecule has 0 bridgehead atoms. The molecule has 2 aromatic carbocycles.